The normalized spacial score (nSPS) is 10.4. The summed E-state index contributed by atoms with van der Waals surface area (Å²) >= 11 is 5.83. The van der Waals surface area contributed by atoms with E-state index in [2.05, 4.69) is 0 Å². The molecule has 132 valence electrons. The van der Waals surface area contributed by atoms with E-state index in [9.17, 15) is 14.4 Å². The van der Waals surface area contributed by atoms with Crippen molar-refractivity contribution in [2.75, 3.05) is 13.7 Å². The van der Waals surface area contributed by atoms with Crippen LogP contribution < -0.4 is 0 Å². The second-order valence-corrected chi connectivity index (χ2v) is 6.17. The van der Waals surface area contributed by atoms with Gasteiger partial charge in [0.25, 0.3) is 5.91 Å². The van der Waals surface area contributed by atoms with Crippen molar-refractivity contribution < 1.29 is 19.1 Å². The van der Waals surface area contributed by atoms with Crippen LogP contribution in [0.15, 0.2) is 36.5 Å². The maximum atomic E-state index is 12.1. The summed E-state index contributed by atoms with van der Waals surface area (Å²) in [5, 5.41) is 0.624. The zero-order valence-corrected chi connectivity index (χ0v) is 15.0. The van der Waals surface area contributed by atoms with Gasteiger partial charge in [0.15, 0.2) is 12.4 Å². The van der Waals surface area contributed by atoms with Gasteiger partial charge in [0.05, 0.1) is 0 Å². The molecule has 0 bridgehead atoms. The highest BCUT2D eigenvalue weighted by molar-refractivity contribution is 6.30. The molecule has 7 heteroatoms. The highest BCUT2D eigenvalue weighted by Gasteiger charge is 2.18. The smallest absolute Gasteiger partial charge is 0.355 e. The number of halogens is 1. The number of ketones is 1. The molecule has 1 aromatic heterocycles. The molecule has 2 rings (SSSR count). The minimum absolute atomic E-state index is 0.145. The van der Waals surface area contributed by atoms with Crippen molar-refractivity contribution in [1.29, 1.82) is 0 Å². The van der Waals surface area contributed by atoms with Gasteiger partial charge in [0.2, 0.25) is 0 Å². The number of nitrogens with zero attached hydrogens (tertiary/aromatic N) is 2. The SMILES string of the molecule is CC(=O)c1cc(C(=O)OCC(=O)N(C)Cc2ccc(Cl)cc2)n(C)c1. The molecule has 0 saturated heterocycles. The maximum Gasteiger partial charge on any atom is 0.355 e. The lowest BCUT2D eigenvalue weighted by Crippen LogP contribution is -2.31. The summed E-state index contributed by atoms with van der Waals surface area (Å²) in [4.78, 5) is 37.0. The minimum atomic E-state index is -0.650. The summed E-state index contributed by atoms with van der Waals surface area (Å²) in [6.45, 7) is 1.43. The van der Waals surface area contributed by atoms with Crippen molar-refractivity contribution in [3.8, 4) is 0 Å². The first kappa shape index (κ1) is 18.7. The number of carbonyl (C=O) groups is 3. The van der Waals surface area contributed by atoms with E-state index in [0.717, 1.165) is 5.56 Å². The fourth-order valence-corrected chi connectivity index (χ4v) is 2.35. The van der Waals surface area contributed by atoms with Crippen LogP contribution in [0.5, 0.6) is 0 Å². The first-order valence-corrected chi connectivity index (χ1v) is 7.98. The highest BCUT2D eigenvalue weighted by Crippen LogP contribution is 2.12. The van der Waals surface area contributed by atoms with Crippen LogP contribution in [0.2, 0.25) is 5.02 Å². The number of aryl methyl sites for hydroxylation is 1. The zero-order valence-electron chi connectivity index (χ0n) is 14.3. The highest BCUT2D eigenvalue weighted by atomic mass is 35.5. The van der Waals surface area contributed by atoms with Crippen LogP contribution in [0, 0.1) is 0 Å². The molecule has 0 spiro atoms. The molecule has 0 unspecified atom stereocenters. The average Bonchev–Trinajstić information content (AvgIpc) is 2.96. The lowest BCUT2D eigenvalue weighted by atomic mass is 10.2. The minimum Gasteiger partial charge on any atom is -0.451 e. The van der Waals surface area contributed by atoms with E-state index in [-0.39, 0.29) is 24.0 Å². The summed E-state index contributed by atoms with van der Waals surface area (Å²) in [5.74, 6) is -1.12. The van der Waals surface area contributed by atoms with Crippen molar-refractivity contribution in [3.63, 3.8) is 0 Å². The van der Waals surface area contributed by atoms with Crippen LogP contribution in [0.25, 0.3) is 0 Å². The predicted molar refractivity (Wildman–Crippen MR) is 93.6 cm³/mol. The van der Waals surface area contributed by atoms with Crippen molar-refractivity contribution in [1.82, 2.24) is 9.47 Å². The van der Waals surface area contributed by atoms with Gasteiger partial charge < -0.3 is 14.2 Å². The number of aromatic nitrogens is 1. The van der Waals surface area contributed by atoms with Crippen LogP contribution >= 0.6 is 11.6 Å². The van der Waals surface area contributed by atoms with Gasteiger partial charge in [-0.15, -0.1) is 0 Å². The molecule has 6 nitrogen and oxygen atoms in total. The Bertz CT molecular complexity index is 796. The summed E-state index contributed by atoms with van der Waals surface area (Å²) in [6, 6.07) is 8.60. The van der Waals surface area contributed by atoms with Gasteiger partial charge in [-0.3, -0.25) is 9.59 Å². The van der Waals surface area contributed by atoms with E-state index < -0.39 is 5.97 Å². The quantitative estimate of drug-likeness (QED) is 0.585. The van der Waals surface area contributed by atoms with Crippen LogP contribution in [0.1, 0.15) is 33.3 Å². The molecule has 25 heavy (non-hydrogen) atoms. The Balaban J connectivity index is 1.91. The standard InChI is InChI=1S/C18H19ClN2O4/c1-12(22)14-8-16(20(2)10-14)18(24)25-11-17(23)21(3)9-13-4-6-15(19)7-5-13/h4-8,10H,9,11H2,1-3H3. The van der Waals surface area contributed by atoms with Gasteiger partial charge in [-0.25, -0.2) is 4.79 Å². The van der Waals surface area contributed by atoms with Crippen LogP contribution in [0.4, 0.5) is 0 Å². The Kier molecular flexibility index (Phi) is 5.98. The second kappa shape index (κ2) is 7.98. The molecule has 0 fully saturated rings. The fraction of sp³-hybridized carbons (Fsp3) is 0.278. The first-order chi connectivity index (χ1) is 11.8. The number of carbonyl (C=O) groups excluding carboxylic acids is 3. The van der Waals surface area contributed by atoms with Gasteiger partial charge in [-0.2, -0.15) is 0 Å². The molecule has 0 N–H and O–H groups in total. The number of benzene rings is 1. The summed E-state index contributed by atoms with van der Waals surface area (Å²) in [6.07, 6.45) is 1.55. The number of hydrogen-bond donors (Lipinski definition) is 0. The monoisotopic (exact) mass is 362 g/mol. The van der Waals surface area contributed by atoms with E-state index in [0.29, 0.717) is 17.1 Å². The third kappa shape index (κ3) is 4.93. The summed E-state index contributed by atoms with van der Waals surface area (Å²) in [5.41, 5.74) is 1.55. The Labute approximate surface area is 150 Å². The topological polar surface area (TPSA) is 68.6 Å². The van der Waals surface area contributed by atoms with E-state index in [1.165, 1.54) is 22.5 Å². The molecule has 1 heterocycles. The zero-order chi connectivity index (χ0) is 18.6. The van der Waals surface area contributed by atoms with Gasteiger partial charge in [0, 0.05) is 37.4 Å². The third-order valence-corrected chi connectivity index (χ3v) is 3.96. The Morgan fingerprint density at radius 3 is 2.40 bits per heavy atom. The lowest BCUT2D eigenvalue weighted by molar-refractivity contribution is -0.133. The van der Waals surface area contributed by atoms with Crippen molar-refractivity contribution >= 4 is 29.3 Å². The van der Waals surface area contributed by atoms with Crippen LogP contribution in [-0.2, 0) is 23.1 Å². The van der Waals surface area contributed by atoms with E-state index in [1.807, 2.05) is 12.1 Å². The van der Waals surface area contributed by atoms with E-state index >= 15 is 0 Å². The van der Waals surface area contributed by atoms with Gasteiger partial charge in [-0.05, 0) is 30.7 Å². The number of likely N-dealkylation sites (N-methyl/N-ethyl adjacent to an activating group) is 1. The van der Waals surface area contributed by atoms with E-state index in [1.54, 1.807) is 32.4 Å². The molecule has 0 aliphatic heterocycles. The predicted octanol–water partition coefficient (Wildman–Crippen LogP) is 2.70. The second-order valence-electron chi connectivity index (χ2n) is 5.73. The third-order valence-electron chi connectivity index (χ3n) is 3.71. The van der Waals surface area contributed by atoms with Crippen molar-refractivity contribution in [2.24, 2.45) is 7.05 Å². The summed E-state index contributed by atoms with van der Waals surface area (Å²) < 4.78 is 6.56. The molecule has 1 amide bonds. The molecular formula is C18H19ClN2O4. The van der Waals surface area contributed by atoms with Gasteiger partial charge in [0.1, 0.15) is 5.69 Å². The van der Waals surface area contributed by atoms with Crippen LogP contribution in [-0.4, -0.2) is 40.8 Å². The van der Waals surface area contributed by atoms with E-state index in [4.69, 9.17) is 16.3 Å². The average molecular weight is 363 g/mol. The Morgan fingerprint density at radius 1 is 1.20 bits per heavy atom. The van der Waals surface area contributed by atoms with Gasteiger partial charge in [-0.1, -0.05) is 23.7 Å². The number of ether oxygens (including phenoxy) is 1. The number of esters is 1. The van der Waals surface area contributed by atoms with Crippen molar-refractivity contribution in [3.05, 3.63) is 58.4 Å². The Hall–Kier alpha value is -2.60. The maximum absolute atomic E-state index is 12.1. The lowest BCUT2D eigenvalue weighted by Gasteiger charge is -2.17. The van der Waals surface area contributed by atoms with Crippen LogP contribution in [0.3, 0.4) is 0 Å². The molecule has 0 aliphatic rings. The van der Waals surface area contributed by atoms with Gasteiger partial charge >= 0.3 is 5.97 Å². The number of hydrogen-bond acceptors (Lipinski definition) is 4. The molecular weight excluding hydrogens is 344 g/mol. The molecule has 2 aromatic rings. The molecule has 0 radical (unpaired) electrons. The van der Waals surface area contributed by atoms with Crippen molar-refractivity contribution in [2.45, 2.75) is 13.5 Å². The Morgan fingerprint density at radius 2 is 1.84 bits per heavy atom. The first-order valence-electron chi connectivity index (χ1n) is 7.60. The summed E-state index contributed by atoms with van der Waals surface area (Å²) in [7, 11) is 3.26. The largest absolute Gasteiger partial charge is 0.451 e. The number of rotatable bonds is 6. The molecule has 0 atom stereocenters. The fourth-order valence-electron chi connectivity index (χ4n) is 2.22. The molecule has 0 aliphatic carbocycles. The molecule has 1 aromatic carbocycles. The number of Topliss-reactive ketones (excluding diaryl/α,β-unsaturated/α-hetero) is 1. The number of amides is 1. The molecule has 0 saturated carbocycles.